The van der Waals surface area contributed by atoms with Crippen molar-refractivity contribution >= 4 is 29.4 Å². The first kappa shape index (κ1) is 8.98. The minimum Gasteiger partial charge on any atom is -0.423 e. The van der Waals surface area contributed by atoms with E-state index in [1.165, 1.54) is 6.20 Å². The summed E-state index contributed by atoms with van der Waals surface area (Å²) in [5, 5.41) is 21.8. The van der Waals surface area contributed by atoms with Crippen molar-refractivity contribution < 1.29 is 10.0 Å². The number of aryl methyl sites for hydroxylation is 1. The predicted molar refractivity (Wildman–Crippen MR) is 52.7 cm³/mol. The second-order valence-electron chi connectivity index (χ2n) is 3.02. The first-order valence-corrected chi connectivity index (χ1v) is 4.04. The fourth-order valence-electron chi connectivity index (χ4n) is 1.32. The molecule has 2 aromatic heterocycles. The van der Waals surface area contributed by atoms with E-state index in [1.54, 1.807) is 17.8 Å². The molecule has 0 saturated carbocycles. The lowest BCUT2D eigenvalue weighted by Crippen LogP contribution is -2.30. The Hall–Kier alpha value is -1.60. The number of aromatic nitrogens is 3. The van der Waals surface area contributed by atoms with Crippen molar-refractivity contribution in [1.29, 1.82) is 0 Å². The van der Waals surface area contributed by atoms with Gasteiger partial charge in [0.25, 0.3) is 0 Å². The Morgan fingerprint density at radius 3 is 2.86 bits per heavy atom. The van der Waals surface area contributed by atoms with Gasteiger partial charge in [0.05, 0.1) is 5.52 Å². The van der Waals surface area contributed by atoms with Gasteiger partial charge in [-0.15, -0.1) is 0 Å². The van der Waals surface area contributed by atoms with Crippen LogP contribution in [-0.4, -0.2) is 31.9 Å². The summed E-state index contributed by atoms with van der Waals surface area (Å²) in [6, 6.07) is 1.59. The van der Waals surface area contributed by atoms with Crippen LogP contribution < -0.4 is 11.2 Å². The zero-order valence-electron chi connectivity index (χ0n) is 7.55. The van der Waals surface area contributed by atoms with Crippen LogP contribution in [0.4, 0.5) is 5.82 Å². The zero-order chi connectivity index (χ0) is 10.3. The van der Waals surface area contributed by atoms with E-state index in [0.29, 0.717) is 22.3 Å². The number of nitrogens with zero attached hydrogens (tertiary/aromatic N) is 3. The first-order valence-electron chi connectivity index (χ1n) is 4.04. The Morgan fingerprint density at radius 2 is 2.21 bits per heavy atom. The molecule has 0 aromatic carbocycles. The largest absolute Gasteiger partial charge is 0.490 e. The lowest BCUT2D eigenvalue weighted by atomic mass is 9.81. The van der Waals surface area contributed by atoms with E-state index in [1.807, 2.05) is 0 Å². The van der Waals surface area contributed by atoms with Crippen LogP contribution in [0.15, 0.2) is 12.3 Å². The van der Waals surface area contributed by atoms with E-state index >= 15 is 0 Å². The number of anilines is 1. The van der Waals surface area contributed by atoms with Crippen LogP contribution in [0.3, 0.4) is 0 Å². The van der Waals surface area contributed by atoms with Crippen LogP contribution in [0.5, 0.6) is 0 Å². The molecule has 0 bridgehead atoms. The summed E-state index contributed by atoms with van der Waals surface area (Å²) in [5.74, 6) is 0.335. The van der Waals surface area contributed by atoms with Crippen molar-refractivity contribution in [1.82, 2.24) is 14.8 Å². The third-order valence-corrected chi connectivity index (χ3v) is 2.04. The van der Waals surface area contributed by atoms with Crippen molar-refractivity contribution in [3.05, 3.63) is 12.3 Å². The SMILES string of the molecule is Cn1nc(N)c2ncc(B(O)O)cc21. The van der Waals surface area contributed by atoms with Gasteiger partial charge < -0.3 is 15.8 Å². The normalized spacial score (nSPS) is 10.8. The Bertz CT molecular complexity index is 482. The minimum atomic E-state index is -1.52. The standard InChI is InChI=1S/C7H9BN4O2/c1-12-5-2-4(8(13)14)3-10-6(5)7(9)11-12/h2-3,13-14H,1H3,(H2,9,11). The molecule has 0 aliphatic carbocycles. The summed E-state index contributed by atoms with van der Waals surface area (Å²) in [6.45, 7) is 0. The van der Waals surface area contributed by atoms with Gasteiger partial charge in [0.1, 0.15) is 5.52 Å². The molecule has 0 aliphatic rings. The monoisotopic (exact) mass is 192 g/mol. The molecule has 14 heavy (non-hydrogen) atoms. The maximum absolute atomic E-state index is 8.94. The fraction of sp³-hybridized carbons (Fsp3) is 0.143. The van der Waals surface area contributed by atoms with Crippen molar-refractivity contribution in [3.63, 3.8) is 0 Å². The maximum Gasteiger partial charge on any atom is 0.490 e. The second-order valence-corrected chi connectivity index (χ2v) is 3.02. The fourth-order valence-corrected chi connectivity index (χ4v) is 1.32. The molecule has 2 aromatic rings. The number of fused-ring (bicyclic) bond motifs is 1. The number of nitrogen functional groups attached to an aromatic ring is 1. The molecule has 0 fully saturated rings. The average Bonchev–Trinajstić information content (AvgIpc) is 2.42. The van der Waals surface area contributed by atoms with Crippen LogP contribution in [-0.2, 0) is 7.05 Å². The van der Waals surface area contributed by atoms with Gasteiger partial charge in [0.15, 0.2) is 5.82 Å². The van der Waals surface area contributed by atoms with Gasteiger partial charge >= 0.3 is 7.12 Å². The van der Waals surface area contributed by atoms with Gasteiger partial charge in [0.2, 0.25) is 0 Å². The van der Waals surface area contributed by atoms with Gasteiger partial charge in [-0.05, 0) is 6.07 Å². The van der Waals surface area contributed by atoms with E-state index in [9.17, 15) is 0 Å². The molecule has 0 spiro atoms. The highest BCUT2D eigenvalue weighted by atomic mass is 16.4. The lowest BCUT2D eigenvalue weighted by Gasteiger charge is -1.98. The van der Waals surface area contributed by atoms with Gasteiger partial charge in [0, 0.05) is 18.7 Å². The van der Waals surface area contributed by atoms with Crippen LogP contribution in [0.25, 0.3) is 11.0 Å². The van der Waals surface area contributed by atoms with E-state index in [2.05, 4.69) is 10.1 Å². The Balaban J connectivity index is 2.71. The number of rotatable bonds is 1. The number of hydrogen-bond donors (Lipinski definition) is 3. The van der Waals surface area contributed by atoms with Crippen LogP contribution >= 0.6 is 0 Å². The molecule has 4 N–H and O–H groups in total. The molecule has 0 aliphatic heterocycles. The molecule has 0 radical (unpaired) electrons. The van der Waals surface area contributed by atoms with Crippen molar-refractivity contribution in [2.45, 2.75) is 0 Å². The highest BCUT2D eigenvalue weighted by molar-refractivity contribution is 6.58. The summed E-state index contributed by atoms with van der Waals surface area (Å²) >= 11 is 0. The quantitative estimate of drug-likeness (QED) is 0.464. The summed E-state index contributed by atoms with van der Waals surface area (Å²) < 4.78 is 1.55. The highest BCUT2D eigenvalue weighted by Crippen LogP contribution is 2.14. The first-order chi connectivity index (χ1) is 6.59. The van der Waals surface area contributed by atoms with Gasteiger partial charge in [-0.25, -0.2) is 0 Å². The molecule has 2 rings (SSSR count). The molecule has 72 valence electrons. The van der Waals surface area contributed by atoms with Crippen molar-refractivity contribution in [2.24, 2.45) is 7.05 Å². The third-order valence-electron chi connectivity index (χ3n) is 2.04. The molecule has 6 nitrogen and oxygen atoms in total. The molecule has 2 heterocycles. The topological polar surface area (TPSA) is 97.2 Å². The predicted octanol–water partition coefficient (Wildman–Crippen LogP) is -1.77. The average molecular weight is 192 g/mol. The highest BCUT2D eigenvalue weighted by Gasteiger charge is 2.14. The van der Waals surface area contributed by atoms with Gasteiger partial charge in [-0.2, -0.15) is 5.10 Å². The summed E-state index contributed by atoms with van der Waals surface area (Å²) in [4.78, 5) is 3.99. The third kappa shape index (κ3) is 1.23. The Labute approximate surface area is 80.1 Å². The number of nitrogens with two attached hydrogens (primary N) is 1. The molecule has 0 amide bonds. The van der Waals surface area contributed by atoms with E-state index in [0.717, 1.165) is 0 Å². The Kier molecular flexibility index (Phi) is 1.90. The molecule has 0 unspecified atom stereocenters. The molecule has 0 atom stereocenters. The van der Waals surface area contributed by atoms with Crippen molar-refractivity contribution in [2.75, 3.05) is 5.73 Å². The van der Waals surface area contributed by atoms with E-state index in [-0.39, 0.29) is 0 Å². The van der Waals surface area contributed by atoms with Crippen LogP contribution in [0, 0.1) is 0 Å². The molecular weight excluding hydrogens is 183 g/mol. The van der Waals surface area contributed by atoms with Crippen LogP contribution in [0.2, 0.25) is 0 Å². The van der Waals surface area contributed by atoms with E-state index in [4.69, 9.17) is 15.8 Å². The number of hydrogen-bond acceptors (Lipinski definition) is 5. The van der Waals surface area contributed by atoms with Gasteiger partial charge in [-0.3, -0.25) is 9.67 Å². The minimum absolute atomic E-state index is 0.320. The zero-order valence-corrected chi connectivity index (χ0v) is 7.55. The second kappa shape index (κ2) is 2.97. The number of pyridine rings is 1. The maximum atomic E-state index is 8.94. The van der Waals surface area contributed by atoms with Gasteiger partial charge in [-0.1, -0.05) is 0 Å². The summed E-state index contributed by atoms with van der Waals surface area (Å²) in [6.07, 6.45) is 1.37. The van der Waals surface area contributed by atoms with E-state index < -0.39 is 7.12 Å². The smallest absolute Gasteiger partial charge is 0.423 e. The summed E-state index contributed by atoms with van der Waals surface area (Å²) in [7, 11) is 0.191. The lowest BCUT2D eigenvalue weighted by molar-refractivity contribution is 0.425. The molecule has 0 saturated heterocycles. The Morgan fingerprint density at radius 1 is 1.50 bits per heavy atom. The van der Waals surface area contributed by atoms with Crippen LogP contribution in [0.1, 0.15) is 0 Å². The molecular formula is C7H9BN4O2. The summed E-state index contributed by atoms with van der Waals surface area (Å²) in [5.41, 5.74) is 7.14. The molecule has 7 heteroatoms. The van der Waals surface area contributed by atoms with Crippen molar-refractivity contribution in [3.8, 4) is 0 Å².